The molecule has 7 heteroatoms. The second-order valence-corrected chi connectivity index (χ2v) is 8.17. The highest BCUT2D eigenvalue weighted by atomic mass is 19.1. The Morgan fingerprint density at radius 3 is 2.75 bits per heavy atom. The van der Waals surface area contributed by atoms with E-state index in [1.807, 2.05) is 27.8 Å². The third-order valence-electron chi connectivity index (χ3n) is 6.30. The zero-order valence-electron chi connectivity index (χ0n) is 18.2. The average Bonchev–Trinajstić information content (AvgIpc) is 3.21. The van der Waals surface area contributed by atoms with Gasteiger partial charge in [0.2, 0.25) is 0 Å². The zero-order valence-corrected chi connectivity index (χ0v) is 18.2. The highest BCUT2D eigenvalue weighted by Gasteiger charge is 2.28. The summed E-state index contributed by atoms with van der Waals surface area (Å²) in [4.78, 5) is 15.2. The number of hydrogen-bond acceptors (Lipinski definition) is 4. The predicted molar refractivity (Wildman–Crippen MR) is 121 cm³/mol. The van der Waals surface area contributed by atoms with E-state index in [1.165, 1.54) is 6.07 Å². The Hall–Kier alpha value is -3.21. The molecule has 0 unspecified atom stereocenters. The number of nitriles is 1. The van der Waals surface area contributed by atoms with Crippen LogP contribution in [0.15, 0.2) is 42.6 Å². The van der Waals surface area contributed by atoms with Gasteiger partial charge < -0.3 is 19.9 Å². The second kappa shape index (κ2) is 9.51. The van der Waals surface area contributed by atoms with Crippen molar-refractivity contribution in [1.29, 1.82) is 5.26 Å². The van der Waals surface area contributed by atoms with Crippen molar-refractivity contribution in [3.05, 3.63) is 70.7 Å². The number of para-hydroxylation sites is 1. The van der Waals surface area contributed by atoms with Crippen LogP contribution in [0.4, 0.5) is 4.39 Å². The summed E-state index contributed by atoms with van der Waals surface area (Å²) in [5, 5.41) is 10.3. The lowest BCUT2D eigenvalue weighted by Gasteiger charge is -2.32. The van der Waals surface area contributed by atoms with Crippen molar-refractivity contribution in [1.82, 2.24) is 9.47 Å². The molecule has 1 aromatic heterocycles. The van der Waals surface area contributed by atoms with Crippen LogP contribution < -0.4 is 5.73 Å². The Labute approximate surface area is 187 Å². The van der Waals surface area contributed by atoms with E-state index in [2.05, 4.69) is 6.07 Å². The quantitative estimate of drug-likeness (QED) is 0.640. The lowest BCUT2D eigenvalue weighted by molar-refractivity contribution is 0.0714. The van der Waals surface area contributed by atoms with E-state index in [4.69, 9.17) is 10.5 Å². The average molecular weight is 435 g/mol. The first kappa shape index (κ1) is 22.0. The largest absolute Gasteiger partial charge is 0.383 e. The van der Waals surface area contributed by atoms with Crippen LogP contribution in [-0.4, -0.2) is 42.2 Å². The molecule has 166 valence electrons. The fourth-order valence-electron chi connectivity index (χ4n) is 4.58. The molecule has 1 fully saturated rings. The minimum atomic E-state index is -0.211. The number of nitrogens with zero attached hydrogens (tertiary/aromatic N) is 3. The molecule has 3 aromatic rings. The first-order chi connectivity index (χ1) is 15.6. The number of ether oxygens (including phenoxy) is 1. The molecule has 2 N–H and O–H groups in total. The molecule has 0 aliphatic carbocycles. The third kappa shape index (κ3) is 4.12. The highest BCUT2D eigenvalue weighted by Crippen LogP contribution is 2.32. The minimum Gasteiger partial charge on any atom is -0.383 e. The Balaban J connectivity index is 1.57. The van der Waals surface area contributed by atoms with E-state index in [0.717, 1.165) is 16.5 Å². The predicted octanol–water partition coefficient (Wildman–Crippen LogP) is 3.78. The van der Waals surface area contributed by atoms with Crippen LogP contribution in [0.5, 0.6) is 0 Å². The summed E-state index contributed by atoms with van der Waals surface area (Å²) in [5.74, 6) is -0.202. The molecule has 6 nitrogen and oxygen atoms in total. The molecule has 1 saturated heterocycles. The van der Waals surface area contributed by atoms with Gasteiger partial charge in [-0.05, 0) is 42.0 Å². The highest BCUT2D eigenvalue weighted by molar-refractivity contribution is 6.08. The van der Waals surface area contributed by atoms with Crippen molar-refractivity contribution < 1.29 is 13.9 Å². The van der Waals surface area contributed by atoms with E-state index >= 15 is 0 Å². The molecule has 0 radical (unpaired) electrons. The summed E-state index contributed by atoms with van der Waals surface area (Å²) in [7, 11) is 1.62. The number of likely N-dealkylation sites (tertiary alicyclic amines) is 1. The van der Waals surface area contributed by atoms with Gasteiger partial charge in [-0.2, -0.15) is 5.26 Å². The molecule has 0 atom stereocenters. The van der Waals surface area contributed by atoms with Gasteiger partial charge in [-0.3, -0.25) is 4.79 Å². The van der Waals surface area contributed by atoms with Crippen LogP contribution in [-0.2, 0) is 17.8 Å². The van der Waals surface area contributed by atoms with Crippen molar-refractivity contribution in [3.8, 4) is 6.07 Å². The van der Waals surface area contributed by atoms with E-state index in [1.54, 1.807) is 25.3 Å². The van der Waals surface area contributed by atoms with E-state index in [-0.39, 0.29) is 17.6 Å². The smallest absolute Gasteiger partial charge is 0.256 e. The SMILES string of the molecule is COCCn1cc(C(=O)N2CCC(c3cc(CN)ccc3F)CC2)c2cccc(C#N)c21. The molecule has 2 heterocycles. The van der Waals surface area contributed by atoms with Crippen LogP contribution in [0.25, 0.3) is 10.9 Å². The number of piperidine rings is 1. The zero-order chi connectivity index (χ0) is 22.7. The first-order valence-corrected chi connectivity index (χ1v) is 10.9. The molecule has 0 spiro atoms. The summed E-state index contributed by atoms with van der Waals surface area (Å²) in [6.07, 6.45) is 3.22. The Morgan fingerprint density at radius 1 is 1.28 bits per heavy atom. The number of methoxy groups -OCH3 is 1. The summed E-state index contributed by atoms with van der Waals surface area (Å²) in [6, 6.07) is 12.7. The van der Waals surface area contributed by atoms with Gasteiger partial charge in [-0.25, -0.2) is 4.39 Å². The lowest BCUT2D eigenvalue weighted by atomic mass is 9.88. The molecule has 0 bridgehead atoms. The summed E-state index contributed by atoms with van der Waals surface area (Å²) >= 11 is 0. The maximum absolute atomic E-state index is 14.4. The molecule has 32 heavy (non-hydrogen) atoms. The van der Waals surface area contributed by atoms with Gasteiger partial charge in [0, 0.05) is 44.9 Å². The third-order valence-corrected chi connectivity index (χ3v) is 6.30. The van der Waals surface area contributed by atoms with Gasteiger partial charge in [0.1, 0.15) is 11.9 Å². The van der Waals surface area contributed by atoms with Crippen molar-refractivity contribution in [2.75, 3.05) is 26.8 Å². The number of aromatic nitrogens is 1. The Morgan fingerprint density at radius 2 is 2.06 bits per heavy atom. The van der Waals surface area contributed by atoms with Gasteiger partial charge in [-0.1, -0.05) is 24.3 Å². The van der Waals surface area contributed by atoms with Crippen molar-refractivity contribution in [2.24, 2.45) is 5.73 Å². The van der Waals surface area contributed by atoms with E-state index in [9.17, 15) is 14.4 Å². The number of amides is 1. The maximum Gasteiger partial charge on any atom is 0.256 e. The van der Waals surface area contributed by atoms with Gasteiger partial charge in [0.15, 0.2) is 0 Å². The van der Waals surface area contributed by atoms with Gasteiger partial charge in [0.05, 0.1) is 23.3 Å². The number of carbonyl (C=O) groups excluding carboxylic acids is 1. The van der Waals surface area contributed by atoms with Crippen LogP contribution in [0.3, 0.4) is 0 Å². The van der Waals surface area contributed by atoms with Gasteiger partial charge in [0.25, 0.3) is 5.91 Å². The summed E-state index contributed by atoms with van der Waals surface area (Å²) < 4.78 is 21.5. The van der Waals surface area contributed by atoms with Crippen molar-refractivity contribution >= 4 is 16.8 Å². The minimum absolute atomic E-state index is 0.0594. The lowest BCUT2D eigenvalue weighted by Crippen LogP contribution is -2.38. The number of carbonyl (C=O) groups is 1. The number of benzene rings is 2. The van der Waals surface area contributed by atoms with Gasteiger partial charge in [-0.15, -0.1) is 0 Å². The second-order valence-electron chi connectivity index (χ2n) is 8.17. The maximum atomic E-state index is 14.4. The van der Waals surface area contributed by atoms with E-state index in [0.29, 0.717) is 62.3 Å². The number of fused-ring (bicyclic) bond motifs is 1. The standard InChI is InChI=1S/C25H27FN4O2/c1-32-12-11-30-16-22(20-4-2-3-19(15-28)24(20)30)25(31)29-9-7-18(8-10-29)21-13-17(14-27)5-6-23(21)26/h2-6,13,16,18H,7-12,14,27H2,1H3. The van der Waals surface area contributed by atoms with Crippen molar-refractivity contribution in [3.63, 3.8) is 0 Å². The summed E-state index contributed by atoms with van der Waals surface area (Å²) in [5.41, 5.74) is 9.20. The van der Waals surface area contributed by atoms with E-state index < -0.39 is 0 Å². The van der Waals surface area contributed by atoms with Crippen molar-refractivity contribution in [2.45, 2.75) is 31.8 Å². The molecular weight excluding hydrogens is 407 g/mol. The normalized spacial score (nSPS) is 14.6. The van der Waals surface area contributed by atoms with Crippen LogP contribution in [0.1, 0.15) is 45.8 Å². The van der Waals surface area contributed by atoms with Crippen LogP contribution in [0, 0.1) is 17.1 Å². The number of hydrogen-bond donors (Lipinski definition) is 1. The van der Waals surface area contributed by atoms with Crippen LogP contribution >= 0.6 is 0 Å². The summed E-state index contributed by atoms with van der Waals surface area (Å²) in [6.45, 7) is 2.52. The molecule has 1 aliphatic rings. The molecule has 0 saturated carbocycles. The fourth-order valence-corrected chi connectivity index (χ4v) is 4.58. The molecule has 1 amide bonds. The first-order valence-electron chi connectivity index (χ1n) is 10.9. The molecule has 4 rings (SSSR count). The molecular formula is C25H27FN4O2. The monoisotopic (exact) mass is 434 g/mol. The van der Waals surface area contributed by atoms with Gasteiger partial charge >= 0.3 is 0 Å². The molecule has 1 aliphatic heterocycles. The number of nitrogens with two attached hydrogens (primary N) is 1. The van der Waals surface area contributed by atoms with Crippen LogP contribution in [0.2, 0.25) is 0 Å². The molecule has 2 aromatic carbocycles. The Kier molecular flexibility index (Phi) is 6.54. The number of halogens is 1. The fraction of sp³-hybridized carbons (Fsp3) is 0.360. The Bertz CT molecular complexity index is 1170. The number of rotatable bonds is 6. The topological polar surface area (TPSA) is 84.3 Å².